The van der Waals surface area contributed by atoms with Crippen molar-refractivity contribution in [3.05, 3.63) is 48.5 Å². The van der Waals surface area contributed by atoms with Crippen molar-refractivity contribution >= 4 is 23.0 Å². The minimum absolute atomic E-state index is 0.0176. The fourth-order valence-corrected chi connectivity index (χ4v) is 4.05. The smallest absolute Gasteiger partial charge is 0.248 e. The van der Waals surface area contributed by atoms with Gasteiger partial charge in [-0.3, -0.25) is 4.79 Å². The number of tetrazole rings is 1. The van der Waals surface area contributed by atoms with E-state index in [1.807, 2.05) is 36.4 Å². The summed E-state index contributed by atoms with van der Waals surface area (Å²) in [4.78, 5) is 18.5. The van der Waals surface area contributed by atoms with Crippen LogP contribution in [0.3, 0.4) is 0 Å². The average molecular weight is 450 g/mol. The summed E-state index contributed by atoms with van der Waals surface area (Å²) in [6, 6.07) is 15.8. The number of anilines is 3. The number of benzene rings is 2. The zero-order valence-electron chi connectivity index (χ0n) is 18.4. The number of nitrogens with zero attached hydrogens (tertiary/aromatic N) is 6. The molecule has 1 amide bonds. The van der Waals surface area contributed by atoms with Gasteiger partial charge in [-0.15, -0.1) is 10.2 Å². The summed E-state index contributed by atoms with van der Waals surface area (Å²) in [6.07, 6.45) is 0. The second-order valence-corrected chi connectivity index (χ2v) is 7.95. The van der Waals surface area contributed by atoms with Crippen molar-refractivity contribution in [2.75, 3.05) is 67.7 Å². The van der Waals surface area contributed by atoms with E-state index in [-0.39, 0.29) is 12.5 Å². The second kappa shape index (κ2) is 9.97. The van der Waals surface area contributed by atoms with Gasteiger partial charge in [0, 0.05) is 37.4 Å². The molecule has 2 fully saturated rings. The molecule has 0 bridgehead atoms. The third-order valence-corrected chi connectivity index (χ3v) is 5.77. The molecule has 5 rings (SSSR count). The van der Waals surface area contributed by atoms with Gasteiger partial charge < -0.3 is 24.6 Å². The molecule has 2 aliphatic rings. The summed E-state index contributed by atoms with van der Waals surface area (Å²) in [6.45, 7) is 6.21. The van der Waals surface area contributed by atoms with Gasteiger partial charge in [0.2, 0.25) is 11.7 Å². The van der Waals surface area contributed by atoms with Crippen LogP contribution in [0.25, 0.3) is 11.4 Å². The molecule has 0 unspecified atom stereocenters. The van der Waals surface area contributed by atoms with Crippen molar-refractivity contribution in [2.45, 2.75) is 6.54 Å². The fraction of sp³-hybridized carbons (Fsp3) is 0.391. The Morgan fingerprint density at radius 2 is 1.55 bits per heavy atom. The lowest BCUT2D eigenvalue weighted by Crippen LogP contribution is -2.36. The molecule has 0 saturated carbocycles. The Labute approximate surface area is 192 Å². The molecule has 2 aliphatic heterocycles. The molecule has 3 heterocycles. The van der Waals surface area contributed by atoms with Crippen LogP contribution in [-0.4, -0.2) is 78.7 Å². The predicted octanol–water partition coefficient (Wildman–Crippen LogP) is 1.65. The molecule has 10 heteroatoms. The van der Waals surface area contributed by atoms with Crippen LogP contribution in [0.5, 0.6) is 0 Å². The Balaban J connectivity index is 1.22. The number of para-hydroxylation sites is 2. The molecule has 0 spiro atoms. The summed E-state index contributed by atoms with van der Waals surface area (Å²) in [5, 5.41) is 15.6. The third kappa shape index (κ3) is 5.12. The molecule has 0 radical (unpaired) electrons. The van der Waals surface area contributed by atoms with Crippen LogP contribution in [0.4, 0.5) is 17.1 Å². The topological polar surface area (TPSA) is 97.6 Å². The molecule has 0 atom stereocenters. The van der Waals surface area contributed by atoms with E-state index in [4.69, 9.17) is 9.47 Å². The Morgan fingerprint density at radius 1 is 0.879 bits per heavy atom. The van der Waals surface area contributed by atoms with E-state index < -0.39 is 0 Å². The van der Waals surface area contributed by atoms with Gasteiger partial charge in [-0.2, -0.15) is 4.80 Å². The molecular weight excluding hydrogens is 422 g/mol. The minimum Gasteiger partial charge on any atom is -0.378 e. The van der Waals surface area contributed by atoms with Crippen LogP contribution in [0.1, 0.15) is 0 Å². The van der Waals surface area contributed by atoms with Crippen LogP contribution < -0.4 is 15.1 Å². The van der Waals surface area contributed by atoms with Gasteiger partial charge in [-0.1, -0.05) is 12.1 Å². The van der Waals surface area contributed by atoms with E-state index in [1.54, 1.807) is 0 Å². The number of carbonyl (C=O) groups excluding carboxylic acids is 1. The first kappa shape index (κ1) is 21.4. The molecule has 1 N–H and O–H groups in total. The summed E-state index contributed by atoms with van der Waals surface area (Å²) >= 11 is 0. The van der Waals surface area contributed by atoms with E-state index in [0.717, 1.165) is 62.0 Å². The number of aromatic nitrogens is 4. The highest BCUT2D eigenvalue weighted by Gasteiger charge is 2.17. The molecule has 2 aromatic carbocycles. The van der Waals surface area contributed by atoms with Crippen molar-refractivity contribution in [1.29, 1.82) is 0 Å². The normalized spacial score (nSPS) is 16.6. The third-order valence-electron chi connectivity index (χ3n) is 5.77. The lowest BCUT2D eigenvalue weighted by Gasteiger charge is -2.30. The van der Waals surface area contributed by atoms with Gasteiger partial charge in [0.05, 0.1) is 37.8 Å². The first-order chi connectivity index (χ1) is 16.3. The Kier molecular flexibility index (Phi) is 6.45. The van der Waals surface area contributed by atoms with Crippen molar-refractivity contribution < 1.29 is 14.3 Å². The van der Waals surface area contributed by atoms with Crippen LogP contribution >= 0.6 is 0 Å². The van der Waals surface area contributed by atoms with E-state index in [0.29, 0.717) is 19.0 Å². The minimum atomic E-state index is -0.206. The van der Waals surface area contributed by atoms with Crippen molar-refractivity contribution in [1.82, 2.24) is 20.2 Å². The number of rotatable bonds is 6. The van der Waals surface area contributed by atoms with Crippen molar-refractivity contribution in [2.24, 2.45) is 0 Å². The van der Waals surface area contributed by atoms with E-state index >= 15 is 0 Å². The summed E-state index contributed by atoms with van der Waals surface area (Å²) < 4.78 is 10.8. The monoisotopic (exact) mass is 449 g/mol. The van der Waals surface area contributed by atoms with Gasteiger partial charge in [0.15, 0.2) is 0 Å². The van der Waals surface area contributed by atoms with Crippen LogP contribution in [0.2, 0.25) is 0 Å². The number of morpholine rings is 2. The van der Waals surface area contributed by atoms with Crippen molar-refractivity contribution in [3.8, 4) is 11.4 Å². The Morgan fingerprint density at radius 3 is 2.27 bits per heavy atom. The lowest BCUT2D eigenvalue weighted by molar-refractivity contribution is -0.117. The second-order valence-electron chi connectivity index (χ2n) is 7.95. The Bertz CT molecular complexity index is 1070. The highest BCUT2D eigenvalue weighted by molar-refractivity contribution is 5.94. The summed E-state index contributed by atoms with van der Waals surface area (Å²) in [5.41, 5.74) is 3.76. The van der Waals surface area contributed by atoms with Crippen LogP contribution in [0.15, 0.2) is 48.5 Å². The van der Waals surface area contributed by atoms with E-state index in [1.165, 1.54) is 4.80 Å². The van der Waals surface area contributed by atoms with E-state index in [2.05, 4.69) is 42.7 Å². The maximum Gasteiger partial charge on any atom is 0.248 e. The zero-order chi connectivity index (χ0) is 22.5. The summed E-state index contributed by atoms with van der Waals surface area (Å²) in [7, 11) is 0. The molecule has 0 aliphatic carbocycles. The lowest BCUT2D eigenvalue weighted by atomic mass is 10.2. The number of ether oxygens (including phenoxy) is 2. The molecule has 2 saturated heterocycles. The molecule has 10 nitrogen and oxygen atoms in total. The van der Waals surface area contributed by atoms with Gasteiger partial charge in [-0.05, 0) is 41.6 Å². The number of amides is 1. The molecular formula is C23H27N7O3. The zero-order valence-corrected chi connectivity index (χ0v) is 18.4. The van der Waals surface area contributed by atoms with Gasteiger partial charge in [0.25, 0.3) is 0 Å². The number of hydrogen-bond donors (Lipinski definition) is 1. The van der Waals surface area contributed by atoms with Gasteiger partial charge in [0.1, 0.15) is 6.54 Å². The predicted molar refractivity (Wildman–Crippen MR) is 124 cm³/mol. The highest BCUT2D eigenvalue weighted by atomic mass is 16.5. The van der Waals surface area contributed by atoms with Crippen molar-refractivity contribution in [3.63, 3.8) is 0 Å². The number of hydrogen-bond acceptors (Lipinski definition) is 8. The maximum atomic E-state index is 12.7. The Hall–Kier alpha value is -3.50. The molecule has 33 heavy (non-hydrogen) atoms. The quantitative estimate of drug-likeness (QED) is 0.607. The first-order valence-corrected chi connectivity index (χ1v) is 11.2. The highest BCUT2D eigenvalue weighted by Crippen LogP contribution is 2.26. The molecule has 3 aromatic rings. The van der Waals surface area contributed by atoms with Gasteiger partial charge in [-0.25, -0.2) is 0 Å². The summed E-state index contributed by atoms with van der Waals surface area (Å²) in [5.74, 6) is 0.285. The number of nitrogens with one attached hydrogen (secondary N) is 1. The fourth-order valence-electron chi connectivity index (χ4n) is 4.05. The first-order valence-electron chi connectivity index (χ1n) is 11.2. The van der Waals surface area contributed by atoms with E-state index in [9.17, 15) is 4.79 Å². The largest absolute Gasteiger partial charge is 0.378 e. The van der Waals surface area contributed by atoms with Gasteiger partial charge >= 0.3 is 0 Å². The number of carbonyl (C=O) groups is 1. The standard InChI is InChI=1S/C23H27N7O3/c31-22(24-20-3-1-2-4-21(20)29-11-15-33-16-12-29)17-30-26-23(25-27-30)18-5-7-19(8-6-18)28-9-13-32-14-10-28/h1-8H,9-17H2,(H,24,31). The SMILES string of the molecule is O=C(Cn1nnc(-c2ccc(N3CCOCC3)cc2)n1)Nc1ccccc1N1CCOCC1. The molecule has 172 valence electrons. The van der Waals surface area contributed by atoms with Crippen LogP contribution in [-0.2, 0) is 20.8 Å². The maximum absolute atomic E-state index is 12.7. The average Bonchev–Trinajstić information content (AvgIpc) is 3.34. The molecule has 1 aromatic heterocycles. The van der Waals surface area contributed by atoms with Crippen LogP contribution in [0, 0.1) is 0 Å².